The van der Waals surface area contributed by atoms with Crippen LogP contribution in [0.5, 0.6) is 5.88 Å². The van der Waals surface area contributed by atoms with Crippen LogP contribution in [0.25, 0.3) is 22.2 Å². The largest absolute Gasteiger partial charge is 0.480 e. The van der Waals surface area contributed by atoms with Crippen molar-refractivity contribution in [1.82, 2.24) is 20.1 Å². The van der Waals surface area contributed by atoms with Crippen molar-refractivity contribution < 1.29 is 24.2 Å². The van der Waals surface area contributed by atoms with E-state index in [0.717, 1.165) is 16.5 Å². The van der Waals surface area contributed by atoms with Gasteiger partial charge < -0.3 is 19.9 Å². The average molecular weight is 453 g/mol. The summed E-state index contributed by atoms with van der Waals surface area (Å²) in [5.74, 6) is -0.697. The van der Waals surface area contributed by atoms with Gasteiger partial charge in [-0.15, -0.1) is 0 Å². The molecule has 174 valence electrons. The molecule has 3 N–H and O–H groups in total. The molecule has 1 unspecified atom stereocenters. The number of rotatable bonds is 8. The molecule has 1 amide bonds. The fourth-order valence-corrected chi connectivity index (χ4v) is 4.02. The quantitative estimate of drug-likeness (QED) is 0.474. The monoisotopic (exact) mass is 453 g/mol. The molecule has 10 heteroatoms. The molecule has 1 fully saturated rings. The topological polar surface area (TPSA) is 130 Å². The van der Waals surface area contributed by atoms with Crippen molar-refractivity contribution in [1.29, 1.82) is 0 Å². The second-order valence-electron chi connectivity index (χ2n) is 8.39. The van der Waals surface area contributed by atoms with E-state index in [1.165, 1.54) is 7.11 Å². The number of anilines is 1. The third-order valence-corrected chi connectivity index (χ3v) is 5.66. The number of ether oxygens (including phenoxy) is 2. The summed E-state index contributed by atoms with van der Waals surface area (Å²) >= 11 is 0. The number of carboxylic acid groups (broad SMARTS) is 1. The lowest BCUT2D eigenvalue weighted by Crippen LogP contribution is -2.47. The van der Waals surface area contributed by atoms with E-state index >= 15 is 0 Å². The van der Waals surface area contributed by atoms with Crippen molar-refractivity contribution >= 4 is 28.5 Å². The van der Waals surface area contributed by atoms with Gasteiger partial charge in [0, 0.05) is 49.1 Å². The van der Waals surface area contributed by atoms with Gasteiger partial charge in [0.2, 0.25) is 5.88 Å². The molecule has 1 saturated heterocycles. The highest BCUT2D eigenvalue weighted by Crippen LogP contribution is 2.31. The fourth-order valence-electron chi connectivity index (χ4n) is 4.02. The van der Waals surface area contributed by atoms with Crippen LogP contribution in [-0.4, -0.2) is 75.5 Å². The summed E-state index contributed by atoms with van der Waals surface area (Å²) in [5.41, 5.74) is 1.84. The van der Waals surface area contributed by atoms with E-state index in [1.54, 1.807) is 23.2 Å². The van der Waals surface area contributed by atoms with E-state index in [0.29, 0.717) is 30.2 Å². The molecular weight excluding hydrogens is 426 g/mol. The Kier molecular flexibility index (Phi) is 6.30. The number of aromatic amines is 1. The van der Waals surface area contributed by atoms with Crippen LogP contribution in [0, 0.1) is 0 Å². The molecule has 2 aromatic heterocycles. The smallest absolute Gasteiger partial charge is 0.317 e. The van der Waals surface area contributed by atoms with Gasteiger partial charge in [0.05, 0.1) is 18.2 Å². The minimum atomic E-state index is -1.10. The molecule has 0 aliphatic carbocycles. The van der Waals surface area contributed by atoms with Crippen LogP contribution in [0.3, 0.4) is 0 Å². The number of H-pyrrole nitrogens is 1. The van der Waals surface area contributed by atoms with Gasteiger partial charge in [-0.25, -0.2) is 4.98 Å². The van der Waals surface area contributed by atoms with Gasteiger partial charge in [-0.1, -0.05) is 0 Å². The Bertz CT molecular complexity index is 1160. The lowest BCUT2D eigenvalue weighted by molar-refractivity contribution is -0.140. The average Bonchev–Trinajstić information content (AvgIpc) is 3.38. The Morgan fingerprint density at radius 1 is 1.30 bits per heavy atom. The van der Waals surface area contributed by atoms with Crippen molar-refractivity contribution in [2.24, 2.45) is 0 Å². The first-order chi connectivity index (χ1) is 15.8. The zero-order chi connectivity index (χ0) is 23.6. The molecule has 3 heterocycles. The Hall–Kier alpha value is -3.50. The van der Waals surface area contributed by atoms with Crippen LogP contribution in [0.2, 0.25) is 0 Å². The minimum absolute atomic E-state index is 0.0344. The Morgan fingerprint density at radius 3 is 2.79 bits per heavy atom. The van der Waals surface area contributed by atoms with E-state index in [2.05, 4.69) is 20.5 Å². The summed E-state index contributed by atoms with van der Waals surface area (Å²) in [6.07, 6.45) is 2.15. The summed E-state index contributed by atoms with van der Waals surface area (Å²) in [7, 11) is 1.47. The maximum absolute atomic E-state index is 13.1. The number of aromatic nitrogens is 3. The van der Waals surface area contributed by atoms with Crippen molar-refractivity contribution in [2.75, 3.05) is 32.1 Å². The number of carbonyl (C=O) groups is 2. The molecule has 1 aliphatic heterocycles. The maximum Gasteiger partial charge on any atom is 0.317 e. The molecule has 3 aromatic rings. The van der Waals surface area contributed by atoms with Gasteiger partial charge in [-0.05, 0) is 44.5 Å². The van der Waals surface area contributed by atoms with Crippen LogP contribution in [0.4, 0.5) is 5.69 Å². The SMILES string of the molecule is COC1(C(=O)Nc2ccc3[nH]nc(-c4ccc(OC(C)C)nc4)c3c2)CCN(CC(=O)O)C1. The molecular formula is C23H27N5O5. The van der Waals surface area contributed by atoms with Crippen molar-refractivity contribution in [3.63, 3.8) is 0 Å². The lowest BCUT2D eigenvalue weighted by Gasteiger charge is -2.26. The van der Waals surface area contributed by atoms with Gasteiger partial charge in [-0.3, -0.25) is 19.6 Å². The predicted molar refractivity (Wildman–Crippen MR) is 122 cm³/mol. The van der Waals surface area contributed by atoms with E-state index in [1.807, 2.05) is 32.0 Å². The van der Waals surface area contributed by atoms with Crippen LogP contribution < -0.4 is 10.1 Å². The van der Waals surface area contributed by atoms with E-state index in [4.69, 9.17) is 14.6 Å². The summed E-state index contributed by atoms with van der Waals surface area (Å²) in [5, 5.41) is 20.2. The second-order valence-corrected chi connectivity index (χ2v) is 8.39. The normalized spacial score (nSPS) is 18.7. The van der Waals surface area contributed by atoms with Gasteiger partial charge in [0.1, 0.15) is 5.69 Å². The van der Waals surface area contributed by atoms with E-state index < -0.39 is 11.6 Å². The summed E-state index contributed by atoms with van der Waals surface area (Å²) in [4.78, 5) is 30.2. The van der Waals surface area contributed by atoms with Crippen LogP contribution in [0.15, 0.2) is 36.5 Å². The van der Waals surface area contributed by atoms with E-state index in [9.17, 15) is 9.59 Å². The third-order valence-electron chi connectivity index (χ3n) is 5.66. The van der Waals surface area contributed by atoms with Gasteiger partial charge in [0.25, 0.3) is 5.91 Å². The summed E-state index contributed by atoms with van der Waals surface area (Å²) in [6.45, 7) is 4.45. The highest BCUT2D eigenvalue weighted by molar-refractivity contribution is 6.01. The highest BCUT2D eigenvalue weighted by atomic mass is 16.5. The highest BCUT2D eigenvalue weighted by Gasteiger charge is 2.45. The standard InChI is InChI=1S/C23H27N5O5/c1-14(2)33-19-7-4-15(11-24-19)21-17-10-16(5-6-18(17)26-27-21)25-22(31)23(32-3)8-9-28(13-23)12-20(29)30/h4-7,10-11,14H,8-9,12-13H2,1-3H3,(H,25,31)(H,26,27)(H,29,30). The number of aliphatic carboxylic acids is 1. The van der Waals surface area contributed by atoms with Gasteiger partial charge in [0.15, 0.2) is 5.60 Å². The molecule has 0 saturated carbocycles. The number of benzene rings is 1. The maximum atomic E-state index is 13.1. The number of carboxylic acids is 1. The number of hydrogen-bond acceptors (Lipinski definition) is 7. The molecule has 1 atom stereocenters. The van der Waals surface area contributed by atoms with Gasteiger partial charge in [-0.2, -0.15) is 5.10 Å². The molecule has 1 aliphatic rings. The number of methoxy groups -OCH3 is 1. The number of hydrogen-bond donors (Lipinski definition) is 3. The first kappa shape index (κ1) is 22.7. The lowest BCUT2D eigenvalue weighted by atomic mass is 10.0. The second kappa shape index (κ2) is 9.16. The van der Waals surface area contributed by atoms with E-state index in [-0.39, 0.29) is 25.1 Å². The molecule has 1 aromatic carbocycles. The first-order valence-electron chi connectivity index (χ1n) is 10.7. The van der Waals surface area contributed by atoms with Crippen LogP contribution >= 0.6 is 0 Å². The number of carbonyl (C=O) groups excluding carboxylic acids is 1. The fraction of sp³-hybridized carbons (Fsp3) is 0.391. The molecule has 10 nitrogen and oxygen atoms in total. The Morgan fingerprint density at radius 2 is 2.12 bits per heavy atom. The van der Waals surface area contributed by atoms with Crippen molar-refractivity contribution in [2.45, 2.75) is 32.0 Å². The predicted octanol–water partition coefficient (Wildman–Crippen LogP) is 2.53. The zero-order valence-electron chi connectivity index (χ0n) is 18.8. The number of nitrogens with zero attached hydrogens (tertiary/aromatic N) is 3. The number of likely N-dealkylation sites (tertiary alicyclic amines) is 1. The van der Waals surface area contributed by atoms with Gasteiger partial charge >= 0.3 is 5.97 Å². The third kappa shape index (κ3) is 4.81. The molecule has 4 rings (SSSR count). The molecule has 33 heavy (non-hydrogen) atoms. The minimum Gasteiger partial charge on any atom is -0.480 e. The Labute approximate surface area is 190 Å². The van der Waals surface area contributed by atoms with Crippen molar-refractivity contribution in [3.05, 3.63) is 36.5 Å². The summed E-state index contributed by atoms with van der Waals surface area (Å²) < 4.78 is 11.2. The Balaban J connectivity index is 1.55. The van der Waals surface area contributed by atoms with Crippen LogP contribution in [0.1, 0.15) is 20.3 Å². The first-order valence-corrected chi connectivity index (χ1v) is 10.7. The number of pyridine rings is 1. The van der Waals surface area contributed by atoms with Crippen LogP contribution in [-0.2, 0) is 14.3 Å². The number of amides is 1. The molecule has 0 spiro atoms. The number of nitrogens with one attached hydrogen (secondary N) is 2. The number of fused-ring (bicyclic) bond motifs is 1. The van der Waals surface area contributed by atoms with Crippen molar-refractivity contribution in [3.8, 4) is 17.1 Å². The summed E-state index contributed by atoms with van der Waals surface area (Å²) in [6, 6.07) is 9.16. The zero-order valence-corrected chi connectivity index (χ0v) is 18.8. The molecule has 0 radical (unpaired) electrons. The molecule has 0 bridgehead atoms.